The van der Waals surface area contributed by atoms with Crippen molar-refractivity contribution in [3.8, 4) is 0 Å². The summed E-state index contributed by atoms with van der Waals surface area (Å²) in [7, 11) is 1.50. The molecule has 0 bridgehead atoms. The predicted molar refractivity (Wildman–Crippen MR) is 203 cm³/mol. The second-order valence-corrected chi connectivity index (χ2v) is 17.0. The number of imidazole rings is 1. The van der Waals surface area contributed by atoms with Crippen molar-refractivity contribution in [3.05, 3.63) is 24.7 Å². The van der Waals surface area contributed by atoms with Crippen LogP contribution in [-0.4, -0.2) is 110 Å². The highest BCUT2D eigenvalue weighted by Crippen LogP contribution is 2.43. The zero-order valence-electron chi connectivity index (χ0n) is 34.4. The van der Waals surface area contributed by atoms with Gasteiger partial charge in [0.05, 0.1) is 30.2 Å². The molecule has 2 unspecified atom stereocenters. The molecule has 0 saturated carbocycles. The van der Waals surface area contributed by atoms with Crippen LogP contribution in [0.4, 0.5) is 4.79 Å². The Balaban J connectivity index is 1.44. The van der Waals surface area contributed by atoms with Crippen LogP contribution in [0, 0.1) is 35.5 Å². The Kier molecular flexibility index (Phi) is 13.2. The Morgan fingerprint density at radius 3 is 2.35 bits per heavy atom. The molecular formula is C41H62N4O10. The number of ether oxygens (including phenoxy) is 5. The Morgan fingerprint density at radius 1 is 0.982 bits per heavy atom. The molecule has 5 heterocycles. The highest BCUT2D eigenvalue weighted by Gasteiger charge is 2.59. The van der Waals surface area contributed by atoms with Gasteiger partial charge in [-0.1, -0.05) is 34.6 Å². The van der Waals surface area contributed by atoms with Gasteiger partial charge in [0.25, 0.3) is 0 Å². The summed E-state index contributed by atoms with van der Waals surface area (Å²) in [5.41, 5.74) is -1.08. The quantitative estimate of drug-likeness (QED) is 0.197. The Labute approximate surface area is 324 Å². The molecule has 14 heteroatoms. The van der Waals surface area contributed by atoms with Crippen LogP contribution in [0.15, 0.2) is 24.7 Å². The lowest BCUT2D eigenvalue weighted by atomic mass is 9.73. The molecule has 55 heavy (non-hydrogen) atoms. The van der Waals surface area contributed by atoms with Crippen LogP contribution in [0.1, 0.15) is 94.9 Å². The number of nitrogens with zero attached hydrogens (tertiary/aromatic N) is 4. The lowest BCUT2D eigenvalue weighted by Gasteiger charge is -2.46. The van der Waals surface area contributed by atoms with Crippen LogP contribution in [0.25, 0.3) is 11.2 Å². The molecule has 0 aliphatic carbocycles. The zero-order valence-corrected chi connectivity index (χ0v) is 34.4. The molecule has 2 aromatic rings. The summed E-state index contributed by atoms with van der Waals surface area (Å²) < 4.78 is 32.9. The van der Waals surface area contributed by atoms with Crippen LogP contribution in [0.3, 0.4) is 0 Å². The highest BCUT2D eigenvalue weighted by molar-refractivity contribution is 6.00. The molecule has 13 atom stereocenters. The lowest BCUT2D eigenvalue weighted by molar-refractivity contribution is -0.299. The first-order valence-corrected chi connectivity index (χ1v) is 19.9. The second kappa shape index (κ2) is 17.0. The Hall–Kier alpha value is -3.46. The number of Topliss-reactive ketones (excluding diaryl/α,β-unsaturated/α-hetero) is 2. The number of hydrogen-bond acceptors (Lipinski definition) is 12. The topological polar surface area (TPSA) is 169 Å². The van der Waals surface area contributed by atoms with Crippen molar-refractivity contribution >= 4 is 34.8 Å². The van der Waals surface area contributed by atoms with Gasteiger partial charge in [0, 0.05) is 44.1 Å². The second-order valence-electron chi connectivity index (χ2n) is 17.0. The van der Waals surface area contributed by atoms with E-state index >= 15 is 0 Å². The molecule has 14 nitrogen and oxygen atoms in total. The van der Waals surface area contributed by atoms with Crippen molar-refractivity contribution < 1.29 is 48.0 Å². The van der Waals surface area contributed by atoms with E-state index < -0.39 is 83.4 Å². The third-order valence-electron chi connectivity index (χ3n) is 12.7. The van der Waals surface area contributed by atoms with E-state index in [9.17, 15) is 24.3 Å². The van der Waals surface area contributed by atoms with E-state index in [-0.39, 0.29) is 30.1 Å². The van der Waals surface area contributed by atoms with Gasteiger partial charge in [-0.15, -0.1) is 0 Å². The number of carbonyl (C=O) groups is 4. The molecular weight excluding hydrogens is 708 g/mol. The number of aliphatic hydroxyl groups is 1. The SMILES string of the molecule is CO[C@]1(C)C[C@@H](C)C(=O)[C@H](C)[C@@H]2N(CCCCn3cnc4cccnc43)C(=O)O[C@]2(C)C(C)OC(=O)[C@H](C)C(=O)[C@H](C)C1O[C@@H]1O[C@H](C)C[C@H](C(C)C)[C@H]1O. The van der Waals surface area contributed by atoms with Gasteiger partial charge in [0.2, 0.25) is 0 Å². The number of fused-ring (bicyclic) bond motifs is 2. The third kappa shape index (κ3) is 8.47. The van der Waals surface area contributed by atoms with Crippen molar-refractivity contribution in [1.82, 2.24) is 19.4 Å². The molecule has 0 aromatic carbocycles. The number of unbranched alkanes of at least 4 members (excludes halogenated alkanes) is 1. The standard InChI is InChI=1S/C41H62N4O10/c1-22(2)29-19-24(4)52-38(33(29)48)54-35-26(6)32(47)27(7)37(49)53-28(8)41(10)34(25(5)31(46)23(3)20-40(35,9)51-11)45(39(50)55-41)18-13-12-17-44-21-43-30-15-14-16-42-36(30)44/h14-16,21-29,33-35,38,48H,12-13,17-20H2,1-11H3/t23-,24-,25+,26+,27-,28?,29-,33-,34+,35?,38+,40-,41-/m1/s1. The number of amides is 1. The number of aliphatic hydroxyl groups excluding tert-OH is 1. The molecule has 5 rings (SSSR count). The van der Waals surface area contributed by atoms with Crippen molar-refractivity contribution in [1.29, 1.82) is 0 Å². The molecule has 0 radical (unpaired) electrons. The summed E-state index contributed by atoms with van der Waals surface area (Å²) in [6.45, 7) is 18.8. The molecule has 3 aliphatic heterocycles. The fraction of sp³-hybridized carbons (Fsp3) is 0.756. The van der Waals surface area contributed by atoms with E-state index in [2.05, 4.69) is 9.97 Å². The van der Waals surface area contributed by atoms with E-state index in [4.69, 9.17) is 23.7 Å². The van der Waals surface area contributed by atoms with Crippen molar-refractivity contribution in [2.24, 2.45) is 35.5 Å². The number of aryl methyl sites for hydroxylation is 1. The minimum absolute atomic E-state index is 0.111. The fourth-order valence-electron chi connectivity index (χ4n) is 9.16. The van der Waals surface area contributed by atoms with Crippen LogP contribution in [0.5, 0.6) is 0 Å². The first-order valence-electron chi connectivity index (χ1n) is 19.9. The van der Waals surface area contributed by atoms with E-state index in [0.29, 0.717) is 32.4 Å². The van der Waals surface area contributed by atoms with E-state index in [1.165, 1.54) is 14.0 Å². The van der Waals surface area contributed by atoms with E-state index in [0.717, 1.165) is 11.2 Å². The monoisotopic (exact) mass is 770 g/mol. The van der Waals surface area contributed by atoms with Gasteiger partial charge in [0.15, 0.2) is 23.3 Å². The summed E-state index contributed by atoms with van der Waals surface area (Å²) in [5, 5.41) is 11.4. The molecule has 3 saturated heterocycles. The smallest absolute Gasteiger partial charge is 0.410 e. The number of methoxy groups -OCH3 is 1. The van der Waals surface area contributed by atoms with Gasteiger partial charge < -0.3 is 38.3 Å². The molecule has 0 spiro atoms. The number of cyclic esters (lactones) is 1. The highest BCUT2D eigenvalue weighted by atomic mass is 16.7. The average Bonchev–Trinajstić information content (AvgIpc) is 3.68. The molecule has 1 N–H and O–H groups in total. The van der Waals surface area contributed by atoms with Crippen LogP contribution < -0.4 is 0 Å². The molecule has 306 valence electrons. The minimum Gasteiger partial charge on any atom is -0.458 e. The molecule has 1 amide bonds. The summed E-state index contributed by atoms with van der Waals surface area (Å²) in [6.07, 6.45) is 0.648. The number of esters is 1. The van der Waals surface area contributed by atoms with Crippen LogP contribution in [0.2, 0.25) is 0 Å². The lowest BCUT2D eigenvalue weighted by Crippen LogP contribution is -2.59. The molecule has 2 aromatic heterocycles. The van der Waals surface area contributed by atoms with Crippen molar-refractivity contribution in [3.63, 3.8) is 0 Å². The zero-order chi connectivity index (χ0) is 40.6. The maximum Gasteiger partial charge on any atom is 0.410 e. The predicted octanol–water partition coefficient (Wildman–Crippen LogP) is 5.37. The van der Waals surface area contributed by atoms with E-state index in [1.807, 2.05) is 44.4 Å². The summed E-state index contributed by atoms with van der Waals surface area (Å²) >= 11 is 0. The van der Waals surface area contributed by atoms with Crippen LogP contribution in [-0.2, 0) is 44.6 Å². The van der Waals surface area contributed by atoms with Gasteiger partial charge >= 0.3 is 12.1 Å². The van der Waals surface area contributed by atoms with Gasteiger partial charge in [-0.25, -0.2) is 14.8 Å². The van der Waals surface area contributed by atoms with Gasteiger partial charge in [0.1, 0.15) is 29.4 Å². The van der Waals surface area contributed by atoms with Crippen molar-refractivity contribution in [2.45, 2.75) is 149 Å². The number of aromatic nitrogens is 3. The first kappa shape index (κ1) is 42.7. The number of carbonyl (C=O) groups excluding carboxylic acids is 4. The number of pyridine rings is 1. The maximum absolute atomic E-state index is 14.6. The summed E-state index contributed by atoms with van der Waals surface area (Å²) in [6, 6.07) is 2.95. The maximum atomic E-state index is 14.6. The first-order chi connectivity index (χ1) is 25.8. The fourth-order valence-corrected chi connectivity index (χ4v) is 9.16. The van der Waals surface area contributed by atoms with Crippen LogP contribution >= 0.6 is 0 Å². The van der Waals surface area contributed by atoms with Gasteiger partial charge in [-0.2, -0.15) is 0 Å². The number of ketones is 2. The van der Waals surface area contributed by atoms with Crippen molar-refractivity contribution in [2.75, 3.05) is 13.7 Å². The number of hydrogen-bond donors (Lipinski definition) is 1. The largest absolute Gasteiger partial charge is 0.458 e. The molecule has 3 fully saturated rings. The summed E-state index contributed by atoms with van der Waals surface area (Å²) in [5.74, 6) is -4.89. The Morgan fingerprint density at radius 2 is 1.67 bits per heavy atom. The van der Waals surface area contributed by atoms with Gasteiger partial charge in [-0.05, 0) is 84.3 Å². The molecule has 3 aliphatic rings. The summed E-state index contributed by atoms with van der Waals surface area (Å²) in [4.78, 5) is 66.7. The number of rotatable bonds is 9. The normalized spacial score (nSPS) is 38.2. The van der Waals surface area contributed by atoms with Gasteiger partial charge in [-0.3, -0.25) is 14.4 Å². The third-order valence-corrected chi connectivity index (χ3v) is 12.7. The average molecular weight is 771 g/mol. The minimum atomic E-state index is -1.40. The Bertz CT molecular complexity index is 1700. The van der Waals surface area contributed by atoms with E-state index in [1.54, 1.807) is 52.0 Å².